The molecule has 194 valence electrons. The Hall–Kier alpha value is -2.88. The van der Waals surface area contributed by atoms with Gasteiger partial charge in [0.2, 0.25) is 0 Å². The topological polar surface area (TPSA) is 69.6 Å². The summed E-state index contributed by atoms with van der Waals surface area (Å²) in [6.45, 7) is 0.321. The molecule has 0 aromatic heterocycles. The molecule has 1 aliphatic heterocycles. The largest absolute Gasteiger partial charge is 0.478 e. The van der Waals surface area contributed by atoms with Gasteiger partial charge in [-0.25, -0.2) is 26.9 Å². The summed E-state index contributed by atoms with van der Waals surface area (Å²) >= 11 is 6.63. The number of nitrogens with zero attached hydrogens (tertiary/aromatic N) is 1. The van der Waals surface area contributed by atoms with E-state index in [1.54, 1.807) is 17.0 Å². The molecule has 1 saturated carbocycles. The molecular weight excluding hydrogens is 525 g/mol. The molecule has 0 radical (unpaired) electrons. The van der Waals surface area contributed by atoms with Crippen molar-refractivity contribution in [3.05, 3.63) is 76.6 Å². The quantitative estimate of drug-likeness (QED) is 0.375. The second-order valence-corrected chi connectivity index (χ2v) is 11.0. The van der Waals surface area contributed by atoms with Gasteiger partial charge in [0.15, 0.2) is 0 Å². The van der Waals surface area contributed by atoms with E-state index in [0.717, 1.165) is 44.2 Å². The van der Waals surface area contributed by atoms with E-state index in [4.69, 9.17) is 11.6 Å². The lowest BCUT2D eigenvalue weighted by Gasteiger charge is -2.33. The maximum atomic E-state index is 14.2. The van der Waals surface area contributed by atoms with Crippen LogP contribution >= 0.6 is 11.6 Å². The fraction of sp³-hybridized carbons (Fsp3) is 0.296. The normalized spacial score (nSPS) is 20.4. The van der Waals surface area contributed by atoms with Crippen LogP contribution in [0.25, 0.3) is 11.1 Å². The van der Waals surface area contributed by atoms with Crippen molar-refractivity contribution in [1.82, 2.24) is 4.72 Å². The van der Waals surface area contributed by atoms with Crippen LogP contribution in [0.4, 0.5) is 24.5 Å². The average Bonchev–Trinajstić information content (AvgIpc) is 3.00. The van der Waals surface area contributed by atoms with Crippen LogP contribution in [-0.4, -0.2) is 27.9 Å². The molecule has 10 heteroatoms. The molecule has 3 aromatic rings. The molecule has 0 saturated heterocycles. The summed E-state index contributed by atoms with van der Waals surface area (Å²) in [5.74, 6) is -3.55. The Morgan fingerprint density at radius 2 is 1.70 bits per heavy atom. The highest BCUT2D eigenvalue weighted by Gasteiger charge is 2.33. The highest BCUT2D eigenvalue weighted by molar-refractivity contribution is 7.83. The number of carboxylic acid groups (broad SMARTS) is 1. The number of carbonyl (C=O) groups is 1. The first-order valence-corrected chi connectivity index (χ1v) is 13.5. The van der Waals surface area contributed by atoms with Gasteiger partial charge in [-0.15, -0.1) is 0 Å². The Labute approximate surface area is 219 Å². The molecule has 2 atom stereocenters. The first-order valence-electron chi connectivity index (χ1n) is 12.0. The minimum Gasteiger partial charge on any atom is -0.478 e. The minimum atomic E-state index is -1.71. The fourth-order valence-electron chi connectivity index (χ4n) is 5.23. The Bertz CT molecular complexity index is 1380. The molecule has 1 heterocycles. The van der Waals surface area contributed by atoms with E-state index in [0.29, 0.717) is 28.3 Å². The molecule has 5 nitrogen and oxygen atoms in total. The number of anilines is 2. The van der Waals surface area contributed by atoms with Gasteiger partial charge < -0.3 is 10.0 Å². The lowest BCUT2D eigenvalue weighted by molar-refractivity contribution is 0.0692. The van der Waals surface area contributed by atoms with E-state index >= 15 is 0 Å². The van der Waals surface area contributed by atoms with Crippen LogP contribution in [0.1, 0.15) is 42.5 Å². The number of hydrogen-bond acceptors (Lipinski definition) is 3. The third kappa shape index (κ3) is 5.26. The Balaban J connectivity index is 1.65. The number of fused-ring (bicyclic) bond motifs is 1. The van der Waals surface area contributed by atoms with E-state index < -0.39 is 40.0 Å². The van der Waals surface area contributed by atoms with Gasteiger partial charge in [-0.2, -0.15) is 0 Å². The number of carboxylic acids is 1. The average molecular weight is 549 g/mol. The van der Waals surface area contributed by atoms with E-state index in [1.165, 1.54) is 24.3 Å². The van der Waals surface area contributed by atoms with E-state index in [9.17, 15) is 27.3 Å². The van der Waals surface area contributed by atoms with Crippen LogP contribution in [-0.2, 0) is 11.0 Å². The van der Waals surface area contributed by atoms with Crippen LogP contribution in [0, 0.1) is 23.4 Å². The number of benzene rings is 3. The third-order valence-corrected chi connectivity index (χ3v) is 8.62. The SMILES string of the molecule is O=C(O)c1cc(-c2cc3c(cc2Cl)N(c2cc(F)cc(F)c2)C[C@@H](C2CCCCC2)NS3=O)ccc1F. The Kier molecular flexibility index (Phi) is 7.29. The zero-order valence-electron chi connectivity index (χ0n) is 19.6. The molecule has 0 spiro atoms. The van der Waals surface area contributed by atoms with Crippen molar-refractivity contribution in [2.24, 2.45) is 5.92 Å². The number of nitrogens with one attached hydrogen (secondary N) is 1. The van der Waals surface area contributed by atoms with E-state index in [-0.39, 0.29) is 22.7 Å². The van der Waals surface area contributed by atoms with Gasteiger partial charge in [0, 0.05) is 29.9 Å². The molecule has 1 fully saturated rings. The number of aromatic carboxylic acids is 1. The van der Waals surface area contributed by atoms with Gasteiger partial charge >= 0.3 is 5.97 Å². The first-order chi connectivity index (χ1) is 17.7. The van der Waals surface area contributed by atoms with Crippen LogP contribution in [0.2, 0.25) is 5.02 Å². The van der Waals surface area contributed by atoms with Crippen molar-refractivity contribution >= 4 is 39.9 Å². The lowest BCUT2D eigenvalue weighted by Crippen LogP contribution is -2.43. The predicted molar refractivity (Wildman–Crippen MR) is 137 cm³/mol. The minimum absolute atomic E-state index is 0.191. The maximum absolute atomic E-state index is 14.2. The summed E-state index contributed by atoms with van der Waals surface area (Å²) in [5, 5.41) is 9.53. The third-order valence-electron chi connectivity index (χ3n) is 7.06. The first kappa shape index (κ1) is 25.8. The molecule has 5 rings (SSSR count). The summed E-state index contributed by atoms with van der Waals surface area (Å²) in [7, 11) is -1.71. The highest BCUT2D eigenvalue weighted by atomic mass is 35.5. The van der Waals surface area contributed by atoms with E-state index in [2.05, 4.69) is 4.72 Å². The smallest absolute Gasteiger partial charge is 0.338 e. The summed E-state index contributed by atoms with van der Waals surface area (Å²) in [6.07, 6.45) is 5.17. The number of rotatable bonds is 4. The van der Waals surface area contributed by atoms with Gasteiger partial charge in [0.1, 0.15) is 28.4 Å². The molecule has 1 aliphatic carbocycles. The second-order valence-electron chi connectivity index (χ2n) is 9.43. The van der Waals surface area contributed by atoms with Gasteiger partial charge in [0.05, 0.1) is 21.2 Å². The van der Waals surface area contributed by atoms with Gasteiger partial charge in [-0.1, -0.05) is 36.9 Å². The standard InChI is InChI=1S/C27H24ClF3N2O3S/c28-22-13-25-26(12-20(22)16-6-7-23(31)21(8-16)27(34)35)37(36)32-24(15-4-2-1-3-5-15)14-33(25)19-10-17(29)9-18(30)11-19/h6-13,15,24,32H,1-5,14H2,(H,34,35)/t24-,37?/m0/s1. The maximum Gasteiger partial charge on any atom is 0.338 e. The second kappa shape index (κ2) is 10.5. The molecule has 3 aromatic carbocycles. The molecule has 2 N–H and O–H groups in total. The number of halogens is 4. The zero-order valence-corrected chi connectivity index (χ0v) is 21.2. The summed E-state index contributed by atoms with van der Waals surface area (Å²) in [6, 6.07) is 9.74. The van der Waals surface area contributed by atoms with Gasteiger partial charge in [0.25, 0.3) is 0 Å². The number of hydrogen-bond donors (Lipinski definition) is 2. The molecular formula is C27H24ClF3N2O3S. The summed E-state index contributed by atoms with van der Waals surface area (Å²) < 4.78 is 59.3. The molecule has 0 amide bonds. The lowest BCUT2D eigenvalue weighted by atomic mass is 9.84. The van der Waals surface area contributed by atoms with Crippen LogP contribution < -0.4 is 9.62 Å². The van der Waals surface area contributed by atoms with Gasteiger partial charge in [-0.3, -0.25) is 0 Å². The molecule has 0 bridgehead atoms. The monoisotopic (exact) mass is 548 g/mol. The Morgan fingerprint density at radius 3 is 2.38 bits per heavy atom. The van der Waals surface area contributed by atoms with Crippen molar-refractivity contribution in [1.29, 1.82) is 0 Å². The molecule has 2 aliphatic rings. The van der Waals surface area contributed by atoms with Crippen LogP contribution in [0.15, 0.2) is 53.4 Å². The van der Waals surface area contributed by atoms with Crippen LogP contribution in [0.3, 0.4) is 0 Å². The van der Waals surface area contributed by atoms with Crippen molar-refractivity contribution in [3.63, 3.8) is 0 Å². The van der Waals surface area contributed by atoms with Crippen molar-refractivity contribution in [2.75, 3.05) is 11.4 Å². The van der Waals surface area contributed by atoms with Crippen molar-refractivity contribution in [2.45, 2.75) is 43.0 Å². The van der Waals surface area contributed by atoms with Gasteiger partial charge in [-0.05, 0) is 60.7 Å². The van der Waals surface area contributed by atoms with Crippen molar-refractivity contribution in [3.8, 4) is 11.1 Å². The highest BCUT2D eigenvalue weighted by Crippen LogP contribution is 2.42. The Morgan fingerprint density at radius 1 is 1.00 bits per heavy atom. The summed E-state index contributed by atoms with van der Waals surface area (Å²) in [4.78, 5) is 13.5. The zero-order chi connectivity index (χ0) is 26.3. The summed E-state index contributed by atoms with van der Waals surface area (Å²) in [5.41, 5.74) is 0.860. The predicted octanol–water partition coefficient (Wildman–Crippen LogP) is 6.84. The fourth-order valence-corrected chi connectivity index (χ4v) is 6.75. The molecule has 1 unspecified atom stereocenters. The molecule has 37 heavy (non-hydrogen) atoms. The van der Waals surface area contributed by atoms with Crippen molar-refractivity contribution < 1.29 is 27.3 Å². The van der Waals surface area contributed by atoms with E-state index in [1.807, 2.05) is 0 Å². The van der Waals surface area contributed by atoms with Crippen LogP contribution in [0.5, 0.6) is 0 Å².